The van der Waals surface area contributed by atoms with Gasteiger partial charge in [-0.1, -0.05) is 13.5 Å². The molecule has 0 rings (SSSR count). The highest BCUT2D eigenvalue weighted by Crippen LogP contribution is 2.19. The Morgan fingerprint density at radius 1 is 1.43 bits per heavy atom. The van der Waals surface area contributed by atoms with Crippen molar-refractivity contribution in [1.29, 1.82) is 0 Å². The summed E-state index contributed by atoms with van der Waals surface area (Å²) in [6.45, 7) is 11.9. The van der Waals surface area contributed by atoms with E-state index in [2.05, 4.69) is 31.1 Å². The van der Waals surface area contributed by atoms with Crippen molar-refractivity contribution < 1.29 is 0 Å². The first kappa shape index (κ1) is 13.2. The number of nitrogens with zero attached hydrogens (tertiary/aromatic N) is 1. The number of rotatable bonds is 4. The van der Waals surface area contributed by atoms with E-state index in [-0.39, 0.29) is 0 Å². The Hall–Kier alpha value is -0.760. The Bertz CT molecular complexity index is 295. The molecule has 0 N–H and O–H groups in total. The van der Waals surface area contributed by atoms with Crippen LogP contribution in [-0.4, -0.2) is 6.21 Å². The van der Waals surface area contributed by atoms with Crippen LogP contribution < -0.4 is 0 Å². The summed E-state index contributed by atoms with van der Waals surface area (Å²) in [6, 6.07) is 0. The first-order valence-electron chi connectivity index (χ1n) is 4.77. The van der Waals surface area contributed by atoms with Gasteiger partial charge in [0.2, 0.25) is 0 Å². The summed E-state index contributed by atoms with van der Waals surface area (Å²) in [6.07, 6.45) is 4.76. The van der Waals surface area contributed by atoms with Crippen molar-refractivity contribution in [2.45, 2.75) is 34.1 Å². The predicted molar refractivity (Wildman–Crippen MR) is 69.0 cm³/mol. The normalized spacial score (nSPS) is 14.5. The van der Waals surface area contributed by atoms with E-state index in [1.807, 2.05) is 26.8 Å². The van der Waals surface area contributed by atoms with Crippen molar-refractivity contribution in [2.75, 3.05) is 0 Å². The van der Waals surface area contributed by atoms with E-state index in [1.165, 1.54) is 0 Å². The molecule has 0 aliphatic carbocycles. The third-order valence-electron chi connectivity index (χ3n) is 1.85. The lowest BCUT2D eigenvalue weighted by atomic mass is 10.1. The van der Waals surface area contributed by atoms with Crippen LogP contribution in [0.25, 0.3) is 0 Å². The number of thiol groups is 1. The molecule has 0 amide bonds. The standard InChI is InChI=1S/C12H19NS/c1-6-11(14)8-12(9(3)4)10(5)13-7-2/h7-8,14H,3,6H2,1-2,4-5H3/b11-8-,12-10-,13-7?. The van der Waals surface area contributed by atoms with E-state index in [1.54, 1.807) is 6.21 Å². The fourth-order valence-electron chi connectivity index (χ4n) is 1.07. The van der Waals surface area contributed by atoms with Gasteiger partial charge >= 0.3 is 0 Å². The van der Waals surface area contributed by atoms with Crippen molar-refractivity contribution >= 4 is 18.8 Å². The minimum atomic E-state index is 0.934. The van der Waals surface area contributed by atoms with E-state index in [0.29, 0.717) is 0 Å². The average Bonchev–Trinajstić information content (AvgIpc) is 2.13. The molecule has 2 heteroatoms. The predicted octanol–water partition coefficient (Wildman–Crippen LogP) is 4.15. The number of aliphatic imine (C=N–C) groups is 1. The van der Waals surface area contributed by atoms with Gasteiger partial charge in [-0.25, -0.2) is 0 Å². The van der Waals surface area contributed by atoms with Crippen LogP contribution in [0, 0.1) is 0 Å². The van der Waals surface area contributed by atoms with Gasteiger partial charge in [0.15, 0.2) is 0 Å². The second kappa shape index (κ2) is 6.66. The van der Waals surface area contributed by atoms with Crippen LogP contribution in [-0.2, 0) is 0 Å². The molecule has 0 unspecified atom stereocenters. The summed E-state index contributed by atoms with van der Waals surface area (Å²) in [5.74, 6) is 0. The molecule has 0 aliphatic rings. The molecule has 0 radical (unpaired) electrons. The Morgan fingerprint density at radius 3 is 2.36 bits per heavy atom. The molecule has 0 fully saturated rings. The van der Waals surface area contributed by atoms with Crippen LogP contribution in [0.15, 0.2) is 39.4 Å². The molecule has 0 saturated carbocycles. The zero-order chi connectivity index (χ0) is 11.1. The molecular weight excluding hydrogens is 190 g/mol. The van der Waals surface area contributed by atoms with E-state index in [9.17, 15) is 0 Å². The largest absolute Gasteiger partial charge is 0.266 e. The summed E-state index contributed by atoms with van der Waals surface area (Å²) in [5, 5.41) is 0. The number of allylic oxidation sites excluding steroid dienone is 5. The minimum absolute atomic E-state index is 0.934. The highest BCUT2D eigenvalue weighted by molar-refractivity contribution is 7.84. The van der Waals surface area contributed by atoms with Gasteiger partial charge in [-0.15, -0.1) is 12.6 Å². The Balaban J connectivity index is 5.15. The maximum absolute atomic E-state index is 4.36. The quantitative estimate of drug-likeness (QED) is 0.406. The van der Waals surface area contributed by atoms with E-state index in [4.69, 9.17) is 0 Å². The van der Waals surface area contributed by atoms with Crippen LogP contribution in [0.3, 0.4) is 0 Å². The highest BCUT2D eigenvalue weighted by Gasteiger charge is 2.00. The zero-order valence-corrected chi connectivity index (χ0v) is 10.4. The van der Waals surface area contributed by atoms with Gasteiger partial charge in [-0.2, -0.15) is 0 Å². The lowest BCUT2D eigenvalue weighted by Crippen LogP contribution is -1.86. The summed E-state index contributed by atoms with van der Waals surface area (Å²) in [5.41, 5.74) is 3.09. The first-order chi connectivity index (χ1) is 6.52. The van der Waals surface area contributed by atoms with Gasteiger partial charge in [0.1, 0.15) is 0 Å². The third-order valence-corrected chi connectivity index (χ3v) is 2.29. The van der Waals surface area contributed by atoms with Gasteiger partial charge < -0.3 is 0 Å². The molecule has 0 aromatic heterocycles. The second-order valence-electron chi connectivity index (χ2n) is 3.16. The monoisotopic (exact) mass is 209 g/mol. The average molecular weight is 209 g/mol. The van der Waals surface area contributed by atoms with E-state index in [0.717, 1.165) is 28.2 Å². The van der Waals surface area contributed by atoms with Crippen molar-refractivity contribution in [1.82, 2.24) is 0 Å². The molecule has 0 bridgehead atoms. The molecule has 78 valence electrons. The molecule has 0 saturated heterocycles. The lowest BCUT2D eigenvalue weighted by molar-refractivity contribution is 1.18. The Labute approximate surface area is 92.7 Å². The van der Waals surface area contributed by atoms with Crippen molar-refractivity contribution in [2.24, 2.45) is 4.99 Å². The molecule has 0 aromatic rings. The van der Waals surface area contributed by atoms with Gasteiger partial charge in [-0.3, -0.25) is 4.99 Å². The SMILES string of the molecule is C=C(C)C(/C=C(\S)CC)=C(/C)N=CC. The lowest BCUT2D eigenvalue weighted by Gasteiger charge is -2.05. The Kier molecular flexibility index (Phi) is 6.30. The zero-order valence-electron chi connectivity index (χ0n) is 9.46. The summed E-state index contributed by atoms with van der Waals surface area (Å²) < 4.78 is 0. The summed E-state index contributed by atoms with van der Waals surface area (Å²) in [7, 11) is 0. The molecule has 14 heavy (non-hydrogen) atoms. The fourth-order valence-corrected chi connectivity index (χ4v) is 1.20. The molecule has 0 aromatic carbocycles. The third kappa shape index (κ3) is 4.47. The number of hydrogen-bond donors (Lipinski definition) is 1. The van der Waals surface area contributed by atoms with Crippen LogP contribution in [0.2, 0.25) is 0 Å². The summed E-state index contributed by atoms with van der Waals surface area (Å²) in [4.78, 5) is 5.30. The second-order valence-corrected chi connectivity index (χ2v) is 3.73. The molecule has 1 nitrogen and oxygen atoms in total. The molecular formula is C12H19NS. The van der Waals surface area contributed by atoms with Crippen LogP contribution in [0.5, 0.6) is 0 Å². The molecule has 0 heterocycles. The minimum Gasteiger partial charge on any atom is -0.266 e. The van der Waals surface area contributed by atoms with Gasteiger partial charge in [0, 0.05) is 11.9 Å². The highest BCUT2D eigenvalue weighted by atomic mass is 32.1. The first-order valence-corrected chi connectivity index (χ1v) is 5.22. The maximum atomic E-state index is 4.36. The van der Waals surface area contributed by atoms with E-state index >= 15 is 0 Å². The van der Waals surface area contributed by atoms with Crippen LogP contribution in [0.1, 0.15) is 34.1 Å². The van der Waals surface area contributed by atoms with Gasteiger partial charge in [0.05, 0.1) is 0 Å². The van der Waals surface area contributed by atoms with Gasteiger partial charge in [-0.05, 0) is 49.3 Å². The topological polar surface area (TPSA) is 12.4 Å². The van der Waals surface area contributed by atoms with Crippen molar-refractivity contribution in [3.05, 3.63) is 34.4 Å². The van der Waals surface area contributed by atoms with E-state index < -0.39 is 0 Å². The van der Waals surface area contributed by atoms with Crippen LogP contribution >= 0.6 is 12.6 Å². The van der Waals surface area contributed by atoms with Gasteiger partial charge in [0.25, 0.3) is 0 Å². The molecule has 0 atom stereocenters. The van der Waals surface area contributed by atoms with Crippen molar-refractivity contribution in [3.63, 3.8) is 0 Å². The molecule has 0 spiro atoms. The maximum Gasteiger partial charge on any atom is 0.0443 e. The molecule has 0 aliphatic heterocycles. The number of hydrogen-bond acceptors (Lipinski definition) is 2. The summed E-state index contributed by atoms with van der Waals surface area (Å²) >= 11 is 4.36. The fraction of sp³-hybridized carbons (Fsp3) is 0.417. The Morgan fingerprint density at radius 2 is 2.00 bits per heavy atom. The smallest absolute Gasteiger partial charge is 0.0443 e. The van der Waals surface area contributed by atoms with Crippen LogP contribution in [0.4, 0.5) is 0 Å². The van der Waals surface area contributed by atoms with Crippen molar-refractivity contribution in [3.8, 4) is 0 Å².